The van der Waals surface area contributed by atoms with Gasteiger partial charge in [0.25, 0.3) is 0 Å². The molecular formula is C24H31N3O4S. The van der Waals surface area contributed by atoms with Crippen molar-refractivity contribution in [3.63, 3.8) is 0 Å². The third kappa shape index (κ3) is 5.75. The van der Waals surface area contributed by atoms with Crippen LogP contribution in [0.2, 0.25) is 0 Å². The monoisotopic (exact) mass is 457 g/mol. The Kier molecular flexibility index (Phi) is 7.69. The summed E-state index contributed by atoms with van der Waals surface area (Å²) in [4.78, 5) is 24.6. The topological polar surface area (TPSA) is 95.6 Å². The molecule has 3 rings (SSSR count). The molecule has 1 aliphatic rings. The first-order valence-corrected chi connectivity index (χ1v) is 12.5. The normalized spacial score (nSPS) is 15.5. The molecule has 0 atom stereocenters. The summed E-state index contributed by atoms with van der Waals surface area (Å²) >= 11 is 0. The van der Waals surface area contributed by atoms with Crippen molar-refractivity contribution in [1.82, 2.24) is 4.31 Å². The number of anilines is 2. The number of amides is 2. The molecule has 2 N–H and O–H groups in total. The summed E-state index contributed by atoms with van der Waals surface area (Å²) < 4.78 is 27.4. The highest BCUT2D eigenvalue weighted by atomic mass is 32.2. The molecule has 8 heteroatoms. The minimum absolute atomic E-state index is 0.0964. The van der Waals surface area contributed by atoms with Crippen LogP contribution in [-0.2, 0) is 19.6 Å². The van der Waals surface area contributed by atoms with Gasteiger partial charge < -0.3 is 10.6 Å². The van der Waals surface area contributed by atoms with Crippen molar-refractivity contribution in [3.8, 4) is 0 Å². The fourth-order valence-electron chi connectivity index (χ4n) is 3.70. The molecule has 1 fully saturated rings. The minimum Gasteiger partial charge on any atom is -0.326 e. The lowest BCUT2D eigenvalue weighted by Gasteiger charge is -2.30. The lowest BCUT2D eigenvalue weighted by atomic mass is 9.97. The zero-order valence-electron chi connectivity index (χ0n) is 18.8. The van der Waals surface area contributed by atoms with Crippen molar-refractivity contribution in [2.75, 3.05) is 23.7 Å². The molecule has 172 valence electrons. The van der Waals surface area contributed by atoms with Gasteiger partial charge in [0.2, 0.25) is 21.8 Å². The van der Waals surface area contributed by atoms with Crippen LogP contribution in [0.25, 0.3) is 0 Å². The molecule has 32 heavy (non-hydrogen) atoms. The average Bonchev–Trinajstić information content (AvgIpc) is 2.79. The number of nitrogens with zero attached hydrogens (tertiary/aromatic N) is 1. The van der Waals surface area contributed by atoms with Crippen LogP contribution in [0.5, 0.6) is 0 Å². The van der Waals surface area contributed by atoms with Crippen LogP contribution in [0.3, 0.4) is 0 Å². The van der Waals surface area contributed by atoms with Crippen molar-refractivity contribution in [1.29, 1.82) is 0 Å². The number of nitrogens with one attached hydrogen (secondary N) is 2. The van der Waals surface area contributed by atoms with E-state index in [0.717, 1.165) is 5.56 Å². The molecule has 0 spiro atoms. The fraction of sp³-hybridized carbons (Fsp3) is 0.417. The van der Waals surface area contributed by atoms with E-state index in [2.05, 4.69) is 24.5 Å². The quantitative estimate of drug-likeness (QED) is 0.651. The van der Waals surface area contributed by atoms with Crippen molar-refractivity contribution in [3.05, 3.63) is 54.1 Å². The van der Waals surface area contributed by atoms with Gasteiger partial charge in [-0.05, 0) is 54.7 Å². The molecule has 0 saturated carbocycles. The first-order chi connectivity index (χ1) is 15.2. The van der Waals surface area contributed by atoms with Crippen LogP contribution in [0.4, 0.5) is 11.4 Å². The van der Waals surface area contributed by atoms with E-state index in [1.807, 2.05) is 12.1 Å². The largest absolute Gasteiger partial charge is 0.326 e. The van der Waals surface area contributed by atoms with Gasteiger partial charge >= 0.3 is 0 Å². The Morgan fingerprint density at radius 2 is 1.59 bits per heavy atom. The van der Waals surface area contributed by atoms with E-state index in [9.17, 15) is 18.0 Å². The zero-order chi connectivity index (χ0) is 23.3. The van der Waals surface area contributed by atoms with Crippen molar-refractivity contribution >= 4 is 33.2 Å². The lowest BCUT2D eigenvalue weighted by molar-refractivity contribution is -0.121. The number of sulfonamides is 1. The summed E-state index contributed by atoms with van der Waals surface area (Å²) in [7, 11) is -3.57. The Bertz CT molecular complexity index is 1060. The van der Waals surface area contributed by atoms with Gasteiger partial charge in [-0.15, -0.1) is 0 Å². The highest BCUT2D eigenvalue weighted by Gasteiger charge is 2.32. The van der Waals surface area contributed by atoms with E-state index in [4.69, 9.17) is 0 Å². The predicted octanol–water partition coefficient (Wildman–Crippen LogP) is 4.20. The second kappa shape index (κ2) is 10.3. The molecule has 1 saturated heterocycles. The second-order valence-corrected chi connectivity index (χ2v) is 10.3. The van der Waals surface area contributed by atoms with Gasteiger partial charge in [0.15, 0.2) is 0 Å². The highest BCUT2D eigenvalue weighted by Crippen LogP contribution is 2.26. The summed E-state index contributed by atoms with van der Waals surface area (Å²) in [5.74, 6) is -0.161. The van der Waals surface area contributed by atoms with E-state index in [1.165, 1.54) is 4.31 Å². The Morgan fingerprint density at radius 3 is 2.16 bits per heavy atom. The number of benzene rings is 2. The van der Waals surface area contributed by atoms with Crippen LogP contribution < -0.4 is 10.6 Å². The van der Waals surface area contributed by atoms with Crippen molar-refractivity contribution in [2.24, 2.45) is 5.92 Å². The molecule has 7 nitrogen and oxygen atoms in total. The first-order valence-electron chi connectivity index (χ1n) is 11.0. The SMILES string of the molecule is CCC(=O)Nc1cccc(NC(=O)C2CCN(S(=O)(=O)c3ccc(C(C)C)cc3)CC2)c1. The standard InChI is InChI=1S/C24H31N3O4S/c1-4-23(28)25-20-6-5-7-21(16-20)26-24(29)19-12-14-27(15-13-19)32(30,31)22-10-8-18(9-11-22)17(2)3/h5-11,16-17,19H,4,12-15H2,1-3H3,(H,25,28)(H,26,29). The summed E-state index contributed by atoms with van der Waals surface area (Å²) in [6.45, 7) is 6.51. The van der Waals surface area contributed by atoms with E-state index >= 15 is 0 Å². The maximum atomic E-state index is 13.0. The minimum atomic E-state index is -3.57. The Morgan fingerprint density at radius 1 is 1.00 bits per heavy atom. The van der Waals surface area contributed by atoms with Crippen molar-refractivity contribution in [2.45, 2.75) is 50.8 Å². The highest BCUT2D eigenvalue weighted by molar-refractivity contribution is 7.89. The molecule has 2 aromatic carbocycles. The second-order valence-electron chi connectivity index (χ2n) is 8.37. The maximum absolute atomic E-state index is 13.0. The smallest absolute Gasteiger partial charge is 0.243 e. The summed E-state index contributed by atoms with van der Waals surface area (Å²) in [5.41, 5.74) is 2.32. The Balaban J connectivity index is 1.58. The molecule has 2 amide bonds. The summed E-state index contributed by atoms with van der Waals surface area (Å²) in [5, 5.41) is 5.66. The van der Waals surface area contributed by atoms with Gasteiger partial charge in [-0.1, -0.05) is 39.0 Å². The maximum Gasteiger partial charge on any atom is 0.243 e. The Labute approximate surface area is 190 Å². The first kappa shape index (κ1) is 23.9. The number of carbonyl (C=O) groups is 2. The number of hydrogen-bond acceptors (Lipinski definition) is 4. The van der Waals surface area contributed by atoms with Crippen LogP contribution in [-0.4, -0.2) is 37.6 Å². The summed E-state index contributed by atoms with van der Waals surface area (Å²) in [6, 6.07) is 14.0. The van der Waals surface area contributed by atoms with Gasteiger partial charge in [0, 0.05) is 36.8 Å². The van der Waals surface area contributed by atoms with Gasteiger partial charge in [-0.25, -0.2) is 8.42 Å². The molecule has 0 aromatic heterocycles. The molecule has 0 bridgehead atoms. The van der Waals surface area contributed by atoms with E-state index in [0.29, 0.717) is 49.6 Å². The van der Waals surface area contributed by atoms with Gasteiger partial charge in [-0.2, -0.15) is 4.31 Å². The van der Waals surface area contributed by atoms with E-state index in [-0.39, 0.29) is 22.6 Å². The zero-order valence-corrected chi connectivity index (χ0v) is 19.6. The van der Waals surface area contributed by atoms with Crippen LogP contribution in [0, 0.1) is 5.92 Å². The van der Waals surface area contributed by atoms with Gasteiger partial charge in [-0.3, -0.25) is 9.59 Å². The molecular weight excluding hydrogens is 426 g/mol. The van der Waals surface area contributed by atoms with Crippen LogP contribution in [0.15, 0.2) is 53.4 Å². The van der Waals surface area contributed by atoms with E-state index in [1.54, 1.807) is 43.3 Å². The van der Waals surface area contributed by atoms with Crippen molar-refractivity contribution < 1.29 is 18.0 Å². The third-order valence-electron chi connectivity index (χ3n) is 5.74. The molecule has 2 aromatic rings. The molecule has 1 heterocycles. The van der Waals surface area contributed by atoms with E-state index < -0.39 is 10.0 Å². The van der Waals surface area contributed by atoms with Gasteiger partial charge in [0.1, 0.15) is 0 Å². The number of hydrogen-bond donors (Lipinski definition) is 2. The molecule has 0 radical (unpaired) electrons. The Hall–Kier alpha value is -2.71. The molecule has 0 aliphatic carbocycles. The number of piperidine rings is 1. The number of rotatable bonds is 7. The molecule has 0 unspecified atom stereocenters. The van der Waals surface area contributed by atoms with Crippen LogP contribution in [0.1, 0.15) is 51.5 Å². The van der Waals surface area contributed by atoms with Gasteiger partial charge in [0.05, 0.1) is 4.90 Å². The predicted molar refractivity (Wildman–Crippen MR) is 126 cm³/mol. The third-order valence-corrected chi connectivity index (χ3v) is 7.66. The molecule has 1 aliphatic heterocycles. The lowest BCUT2D eigenvalue weighted by Crippen LogP contribution is -2.41. The number of carbonyl (C=O) groups excluding carboxylic acids is 2. The fourth-order valence-corrected chi connectivity index (χ4v) is 5.17. The average molecular weight is 458 g/mol. The van der Waals surface area contributed by atoms with Crippen LogP contribution >= 0.6 is 0 Å². The summed E-state index contributed by atoms with van der Waals surface area (Å²) in [6.07, 6.45) is 1.29.